The number of nitrogens with zero attached hydrogens (tertiary/aromatic N) is 3. The molecule has 1 aliphatic heterocycles. The first kappa shape index (κ1) is 30.4. The molecule has 3 aliphatic rings. The van der Waals surface area contributed by atoms with Crippen molar-refractivity contribution in [3.8, 4) is 11.5 Å². The molecule has 0 amide bonds. The van der Waals surface area contributed by atoms with Gasteiger partial charge in [0.1, 0.15) is 18.1 Å². The molecule has 8 rings (SSSR count). The van der Waals surface area contributed by atoms with Crippen LogP contribution in [-0.2, 0) is 35.2 Å². The summed E-state index contributed by atoms with van der Waals surface area (Å²) < 4.78 is 9.89. The molecule has 0 bridgehead atoms. The van der Waals surface area contributed by atoms with Gasteiger partial charge in [0.25, 0.3) is 0 Å². The Hall–Kier alpha value is -5.96. The summed E-state index contributed by atoms with van der Waals surface area (Å²) in [5, 5.41) is 11.8. The van der Waals surface area contributed by atoms with E-state index in [9.17, 15) is 19.5 Å². The molecule has 1 aromatic heterocycles. The van der Waals surface area contributed by atoms with E-state index in [0.29, 0.717) is 40.2 Å². The van der Waals surface area contributed by atoms with Crippen molar-refractivity contribution in [2.24, 2.45) is 13.0 Å². The molecule has 1 fully saturated rings. The standard InChI is InChI=1S/C40H33N3O6/c1-41-38(47)42-20-19-29-33(43(42)39(41)48)23-32-37(46)31(26-13-7-3-8-14-26)22-35(45)40(32,27-15-9-4-10-16-27)36(29)30-18-17-28(21-34(30)44)49-24-25-11-5-2-6-12-25/h2-19,21-22,32-33,36,44H,20,23-24H2,1H3/t32-,33+,36+,40-/m0/s1. The summed E-state index contributed by atoms with van der Waals surface area (Å²) in [6.07, 6.45) is 3.44. The molecule has 244 valence electrons. The minimum Gasteiger partial charge on any atom is -0.508 e. The van der Waals surface area contributed by atoms with E-state index >= 15 is 4.79 Å². The number of phenols is 1. The SMILES string of the molecule is Cn1c(=O)n2n(c1=O)[C@@H]1C[C@H]3C(=O)C(c4ccccc4)=CC(=O)[C@@]3(c3ccccc3)[C@@H](c3ccc(OCc4ccccc4)cc3O)C1=CC2. The quantitative estimate of drug-likeness (QED) is 0.256. The monoisotopic (exact) mass is 651 g/mol. The van der Waals surface area contributed by atoms with Gasteiger partial charge in [0.2, 0.25) is 0 Å². The molecule has 4 atom stereocenters. The molecular weight excluding hydrogens is 618 g/mol. The Bertz CT molecular complexity index is 2300. The number of rotatable bonds is 6. The Balaban J connectivity index is 1.35. The average Bonchev–Trinajstić information content (AvgIpc) is 3.36. The van der Waals surface area contributed by atoms with Crippen molar-refractivity contribution < 1.29 is 19.4 Å². The average molecular weight is 652 g/mol. The third kappa shape index (κ3) is 4.60. The number of carbonyl (C=O) groups is 2. The molecule has 1 N–H and O–H groups in total. The zero-order valence-corrected chi connectivity index (χ0v) is 26.7. The molecule has 0 spiro atoms. The number of aromatic hydroxyl groups is 1. The van der Waals surface area contributed by atoms with Crippen molar-refractivity contribution in [2.75, 3.05) is 0 Å². The van der Waals surface area contributed by atoms with Gasteiger partial charge in [-0.2, -0.15) is 0 Å². The molecule has 0 unspecified atom stereocenters. The lowest BCUT2D eigenvalue weighted by Crippen LogP contribution is -2.58. The summed E-state index contributed by atoms with van der Waals surface area (Å²) in [4.78, 5) is 56.7. The molecule has 4 aromatic carbocycles. The number of ether oxygens (including phenoxy) is 1. The zero-order chi connectivity index (χ0) is 33.9. The number of ketones is 2. The smallest absolute Gasteiger partial charge is 0.347 e. The van der Waals surface area contributed by atoms with Crippen LogP contribution < -0.4 is 16.1 Å². The maximum atomic E-state index is 15.1. The maximum Gasteiger partial charge on any atom is 0.347 e. The van der Waals surface area contributed by atoms with E-state index < -0.39 is 34.7 Å². The van der Waals surface area contributed by atoms with Crippen LogP contribution in [0.3, 0.4) is 0 Å². The number of phenolic OH excluding ortho intramolecular Hbond substituents is 1. The Morgan fingerprint density at radius 3 is 2.20 bits per heavy atom. The van der Waals surface area contributed by atoms with Crippen LogP contribution in [0.5, 0.6) is 11.5 Å². The van der Waals surface area contributed by atoms with Gasteiger partial charge in [-0.25, -0.2) is 23.5 Å². The lowest BCUT2D eigenvalue weighted by atomic mass is 9.47. The topological polar surface area (TPSA) is 113 Å². The summed E-state index contributed by atoms with van der Waals surface area (Å²) in [6.45, 7) is 0.389. The number of benzene rings is 4. The van der Waals surface area contributed by atoms with Gasteiger partial charge in [0.15, 0.2) is 11.6 Å². The number of hydrogen-bond acceptors (Lipinski definition) is 6. The minimum atomic E-state index is -1.45. The highest BCUT2D eigenvalue weighted by molar-refractivity contribution is 6.31. The normalized spacial score (nSPS) is 22.8. The molecule has 0 radical (unpaired) electrons. The second-order valence-corrected chi connectivity index (χ2v) is 12.9. The fraction of sp³-hybridized carbons (Fsp3) is 0.200. The Morgan fingerprint density at radius 2 is 1.51 bits per heavy atom. The highest BCUT2D eigenvalue weighted by atomic mass is 16.5. The van der Waals surface area contributed by atoms with E-state index in [1.165, 1.54) is 28.6 Å². The Labute approximate surface area is 281 Å². The van der Waals surface area contributed by atoms with E-state index in [2.05, 4.69) is 0 Å². The van der Waals surface area contributed by atoms with Crippen molar-refractivity contribution in [2.45, 2.75) is 36.9 Å². The molecule has 9 heteroatoms. The van der Waals surface area contributed by atoms with Crippen LogP contribution in [0.15, 0.2) is 137 Å². The van der Waals surface area contributed by atoms with E-state index in [-0.39, 0.29) is 30.3 Å². The van der Waals surface area contributed by atoms with Crippen LogP contribution in [-0.4, -0.2) is 30.6 Å². The number of fused-ring (bicyclic) bond motifs is 4. The van der Waals surface area contributed by atoms with Gasteiger partial charge in [-0.15, -0.1) is 0 Å². The van der Waals surface area contributed by atoms with Crippen LogP contribution in [0.1, 0.15) is 40.6 Å². The lowest BCUT2D eigenvalue weighted by molar-refractivity contribution is -0.133. The van der Waals surface area contributed by atoms with Gasteiger partial charge < -0.3 is 9.84 Å². The summed E-state index contributed by atoms with van der Waals surface area (Å²) in [5.41, 5.74) is 1.22. The van der Waals surface area contributed by atoms with Crippen LogP contribution in [0.2, 0.25) is 0 Å². The molecular formula is C40H33N3O6. The van der Waals surface area contributed by atoms with E-state index in [4.69, 9.17) is 4.74 Å². The van der Waals surface area contributed by atoms with Crippen molar-refractivity contribution in [1.29, 1.82) is 0 Å². The first-order chi connectivity index (χ1) is 23.8. The van der Waals surface area contributed by atoms with Gasteiger partial charge in [-0.05, 0) is 40.8 Å². The van der Waals surface area contributed by atoms with Crippen molar-refractivity contribution in [3.63, 3.8) is 0 Å². The van der Waals surface area contributed by atoms with Crippen molar-refractivity contribution in [1.82, 2.24) is 13.9 Å². The molecule has 5 aromatic rings. The van der Waals surface area contributed by atoms with Gasteiger partial charge in [0, 0.05) is 36.1 Å². The lowest BCUT2D eigenvalue weighted by Gasteiger charge is -2.54. The number of carbonyl (C=O) groups excluding carboxylic acids is 2. The van der Waals surface area contributed by atoms with Crippen LogP contribution in [0, 0.1) is 5.92 Å². The molecule has 2 heterocycles. The Kier molecular flexibility index (Phi) is 7.21. The highest BCUT2D eigenvalue weighted by Gasteiger charge is 2.63. The second-order valence-electron chi connectivity index (χ2n) is 12.9. The summed E-state index contributed by atoms with van der Waals surface area (Å²) >= 11 is 0. The zero-order valence-electron chi connectivity index (χ0n) is 26.7. The Morgan fingerprint density at radius 1 is 0.837 bits per heavy atom. The van der Waals surface area contributed by atoms with E-state index in [0.717, 1.165) is 10.1 Å². The molecule has 2 aliphatic carbocycles. The largest absolute Gasteiger partial charge is 0.508 e. The molecule has 9 nitrogen and oxygen atoms in total. The van der Waals surface area contributed by atoms with Crippen LogP contribution in [0.4, 0.5) is 0 Å². The predicted molar refractivity (Wildman–Crippen MR) is 183 cm³/mol. The summed E-state index contributed by atoms with van der Waals surface area (Å²) in [5.74, 6) is -1.96. The summed E-state index contributed by atoms with van der Waals surface area (Å²) in [6, 6.07) is 32.3. The number of allylic oxidation sites excluding steroid dienone is 4. The van der Waals surface area contributed by atoms with Gasteiger partial charge >= 0.3 is 11.4 Å². The maximum absolute atomic E-state index is 15.1. The first-order valence-corrected chi connectivity index (χ1v) is 16.3. The predicted octanol–water partition coefficient (Wildman–Crippen LogP) is 5.09. The second kappa shape index (κ2) is 11.6. The van der Waals surface area contributed by atoms with Gasteiger partial charge in [-0.1, -0.05) is 103 Å². The fourth-order valence-corrected chi connectivity index (χ4v) is 8.19. The van der Waals surface area contributed by atoms with Crippen molar-refractivity contribution in [3.05, 3.63) is 170 Å². The number of hydrogen-bond donors (Lipinski definition) is 1. The third-order valence-corrected chi connectivity index (χ3v) is 10.4. The van der Waals surface area contributed by atoms with E-state index in [1.54, 1.807) is 24.3 Å². The van der Waals surface area contributed by atoms with Crippen molar-refractivity contribution >= 4 is 17.1 Å². The number of Topliss-reactive ketones (excluding diaryl/α,β-unsaturated/α-hetero) is 1. The molecule has 49 heavy (non-hydrogen) atoms. The minimum absolute atomic E-state index is 0.0963. The van der Waals surface area contributed by atoms with Crippen LogP contribution >= 0.6 is 0 Å². The first-order valence-electron chi connectivity index (χ1n) is 16.3. The van der Waals surface area contributed by atoms with E-state index in [1.807, 2.05) is 84.9 Å². The van der Waals surface area contributed by atoms with Gasteiger partial charge in [-0.3, -0.25) is 9.59 Å². The molecule has 1 saturated carbocycles. The number of aromatic nitrogens is 3. The fourth-order valence-electron chi connectivity index (χ4n) is 8.19. The third-order valence-electron chi connectivity index (χ3n) is 10.4. The summed E-state index contributed by atoms with van der Waals surface area (Å²) in [7, 11) is 1.43. The van der Waals surface area contributed by atoms with Gasteiger partial charge in [0.05, 0.1) is 18.0 Å². The molecule has 0 saturated heterocycles. The van der Waals surface area contributed by atoms with Crippen LogP contribution in [0.25, 0.3) is 5.57 Å². The highest BCUT2D eigenvalue weighted by Crippen LogP contribution is 2.62.